The first-order valence-electron chi connectivity index (χ1n) is 5.54. The molecule has 18 heavy (non-hydrogen) atoms. The van der Waals surface area contributed by atoms with Gasteiger partial charge in [-0.05, 0) is 19.8 Å². The fourth-order valence-corrected chi connectivity index (χ4v) is 1.40. The van der Waals surface area contributed by atoms with Crippen molar-refractivity contribution >= 4 is 17.8 Å². The van der Waals surface area contributed by atoms with Gasteiger partial charge in [0.1, 0.15) is 18.2 Å². The van der Waals surface area contributed by atoms with Crippen molar-refractivity contribution in [2.45, 2.75) is 26.2 Å². The second kappa shape index (κ2) is 6.73. The van der Waals surface area contributed by atoms with Crippen LogP contribution < -0.4 is 0 Å². The van der Waals surface area contributed by atoms with Crippen LogP contribution in [0.4, 0.5) is 4.39 Å². The number of halogens is 1. The average Bonchev–Trinajstić information content (AvgIpc) is 2.29. The molecule has 1 aliphatic heterocycles. The molecule has 1 aliphatic rings. The molecule has 0 unspecified atom stereocenters. The molecule has 6 nitrogen and oxygen atoms in total. The second-order valence-corrected chi connectivity index (χ2v) is 3.89. The number of oxime groups is 1. The van der Waals surface area contributed by atoms with Crippen molar-refractivity contribution in [2.24, 2.45) is 5.16 Å². The predicted octanol–water partition coefficient (Wildman–Crippen LogP) is 1.29. The minimum Gasteiger partial charge on any atom is -0.481 e. The highest BCUT2D eigenvalue weighted by molar-refractivity contribution is 5.87. The number of hydrogen-bond donors (Lipinski definition) is 1. The third kappa shape index (κ3) is 4.94. The maximum atomic E-state index is 13.5. The maximum absolute atomic E-state index is 13.5. The first-order valence-corrected chi connectivity index (χ1v) is 5.54. The van der Waals surface area contributed by atoms with Crippen molar-refractivity contribution in [3.63, 3.8) is 0 Å². The quantitative estimate of drug-likeness (QED) is 0.573. The van der Waals surface area contributed by atoms with Crippen LogP contribution in [-0.2, 0) is 14.4 Å². The molecule has 0 aliphatic carbocycles. The van der Waals surface area contributed by atoms with Crippen LogP contribution in [0.2, 0.25) is 0 Å². The Labute approximate surface area is 104 Å². The summed E-state index contributed by atoms with van der Waals surface area (Å²) in [5.41, 5.74) is 0. The molecular weight excluding hydrogens is 243 g/mol. The van der Waals surface area contributed by atoms with E-state index in [9.17, 15) is 14.0 Å². The first kappa shape index (κ1) is 14.1. The van der Waals surface area contributed by atoms with Gasteiger partial charge in [0.2, 0.25) is 0 Å². The lowest BCUT2D eigenvalue weighted by molar-refractivity contribution is -0.146. The van der Waals surface area contributed by atoms with Crippen molar-refractivity contribution in [1.82, 2.24) is 4.90 Å². The number of rotatable bonds is 6. The third-order valence-electron chi connectivity index (χ3n) is 2.36. The lowest BCUT2D eigenvalue weighted by Crippen LogP contribution is -2.39. The van der Waals surface area contributed by atoms with Gasteiger partial charge in [-0.2, -0.15) is 0 Å². The smallest absolute Gasteiger partial charge is 0.354 e. The summed E-state index contributed by atoms with van der Waals surface area (Å²) in [4.78, 5) is 27.1. The van der Waals surface area contributed by atoms with Crippen LogP contribution in [0.3, 0.4) is 0 Å². The lowest BCUT2D eigenvalue weighted by atomic mass is 10.2. The SMILES string of the molecule is CC1=NOC(=O)CN1C/C(F)=C\CCCC(=O)O. The molecule has 7 heteroatoms. The van der Waals surface area contributed by atoms with Gasteiger partial charge in [0.15, 0.2) is 0 Å². The summed E-state index contributed by atoms with van der Waals surface area (Å²) in [6, 6.07) is 0. The highest BCUT2D eigenvalue weighted by atomic mass is 19.1. The van der Waals surface area contributed by atoms with Crippen LogP contribution in [-0.4, -0.2) is 40.9 Å². The van der Waals surface area contributed by atoms with E-state index in [-0.39, 0.29) is 19.5 Å². The monoisotopic (exact) mass is 258 g/mol. The normalized spacial score (nSPS) is 16.3. The molecule has 0 spiro atoms. The Balaban J connectivity index is 2.39. The van der Waals surface area contributed by atoms with E-state index in [0.717, 1.165) is 0 Å². The van der Waals surface area contributed by atoms with Crippen molar-refractivity contribution in [3.05, 3.63) is 11.9 Å². The minimum absolute atomic E-state index is 0.0142. The van der Waals surface area contributed by atoms with Gasteiger partial charge < -0.3 is 14.8 Å². The molecular formula is C11H15FN2O4. The number of carboxylic acids is 1. The summed E-state index contributed by atoms with van der Waals surface area (Å²) < 4.78 is 13.5. The Hall–Kier alpha value is -1.92. The number of unbranched alkanes of at least 4 members (excludes halogenated alkanes) is 1. The van der Waals surface area contributed by atoms with Crippen molar-refractivity contribution in [2.75, 3.05) is 13.1 Å². The third-order valence-corrected chi connectivity index (χ3v) is 2.36. The molecule has 1 heterocycles. The zero-order valence-corrected chi connectivity index (χ0v) is 10.1. The molecule has 0 bridgehead atoms. The highest BCUT2D eigenvalue weighted by Crippen LogP contribution is 2.09. The molecule has 0 saturated carbocycles. The van der Waals surface area contributed by atoms with E-state index in [4.69, 9.17) is 5.11 Å². The Morgan fingerprint density at radius 2 is 2.39 bits per heavy atom. The van der Waals surface area contributed by atoms with Crippen LogP contribution in [0.15, 0.2) is 17.1 Å². The maximum Gasteiger partial charge on any atom is 0.354 e. The molecule has 0 saturated heterocycles. The van der Waals surface area contributed by atoms with E-state index in [1.165, 1.54) is 11.0 Å². The van der Waals surface area contributed by atoms with Crippen molar-refractivity contribution in [3.8, 4) is 0 Å². The first-order chi connectivity index (χ1) is 8.49. The molecule has 0 aromatic rings. The number of hydrogen-bond acceptors (Lipinski definition) is 5. The molecule has 1 rings (SSSR count). The van der Waals surface area contributed by atoms with E-state index in [1.807, 2.05) is 0 Å². The van der Waals surface area contributed by atoms with Crippen LogP contribution in [0.1, 0.15) is 26.2 Å². The van der Waals surface area contributed by atoms with Gasteiger partial charge in [0, 0.05) is 6.42 Å². The molecule has 0 aromatic carbocycles. The van der Waals surface area contributed by atoms with Gasteiger partial charge in [-0.3, -0.25) is 4.79 Å². The molecule has 0 fully saturated rings. The van der Waals surface area contributed by atoms with Gasteiger partial charge in [-0.1, -0.05) is 11.2 Å². The summed E-state index contributed by atoms with van der Waals surface area (Å²) >= 11 is 0. The predicted molar refractivity (Wildman–Crippen MR) is 61.5 cm³/mol. The Morgan fingerprint density at radius 1 is 1.67 bits per heavy atom. The minimum atomic E-state index is -0.898. The van der Waals surface area contributed by atoms with Gasteiger partial charge in [0.25, 0.3) is 0 Å². The van der Waals surface area contributed by atoms with Gasteiger partial charge in [-0.15, -0.1) is 0 Å². The highest BCUT2D eigenvalue weighted by Gasteiger charge is 2.20. The molecule has 0 radical (unpaired) electrons. The van der Waals surface area contributed by atoms with Gasteiger partial charge >= 0.3 is 11.9 Å². The van der Waals surface area contributed by atoms with Crippen LogP contribution >= 0.6 is 0 Å². The number of carbonyl (C=O) groups is 2. The van der Waals surface area contributed by atoms with Crippen molar-refractivity contribution < 1.29 is 23.9 Å². The summed E-state index contributed by atoms with van der Waals surface area (Å²) in [5.74, 6) is -1.40. The number of carboxylic acid groups (broad SMARTS) is 1. The van der Waals surface area contributed by atoms with Gasteiger partial charge in [0.05, 0.1) is 6.54 Å². The zero-order chi connectivity index (χ0) is 13.5. The summed E-state index contributed by atoms with van der Waals surface area (Å²) in [5, 5.41) is 11.9. The van der Waals surface area contributed by atoms with E-state index < -0.39 is 17.8 Å². The molecule has 0 amide bonds. The second-order valence-electron chi connectivity index (χ2n) is 3.89. The van der Waals surface area contributed by atoms with E-state index >= 15 is 0 Å². The van der Waals surface area contributed by atoms with E-state index in [2.05, 4.69) is 9.99 Å². The molecule has 0 atom stereocenters. The standard InChI is InChI=1S/C11H15FN2O4/c1-8-13-18-11(17)7-14(8)6-9(12)4-2-3-5-10(15)16/h4H,2-3,5-7H2,1H3,(H,15,16)/b9-4+. The summed E-state index contributed by atoms with van der Waals surface area (Å²) in [7, 11) is 0. The number of carbonyl (C=O) groups excluding carboxylic acids is 1. The number of nitrogens with zero attached hydrogens (tertiary/aromatic N) is 2. The topological polar surface area (TPSA) is 79.2 Å². The number of aliphatic carboxylic acids is 1. The summed E-state index contributed by atoms with van der Waals surface area (Å²) in [6.45, 7) is 1.52. The van der Waals surface area contributed by atoms with Crippen molar-refractivity contribution in [1.29, 1.82) is 0 Å². The van der Waals surface area contributed by atoms with Crippen LogP contribution in [0, 0.1) is 0 Å². The Kier molecular flexibility index (Phi) is 5.29. The number of allylic oxidation sites excluding steroid dienone is 1. The molecule has 100 valence electrons. The average molecular weight is 258 g/mol. The zero-order valence-electron chi connectivity index (χ0n) is 10.1. The fraction of sp³-hybridized carbons (Fsp3) is 0.545. The fourth-order valence-electron chi connectivity index (χ4n) is 1.40. The van der Waals surface area contributed by atoms with E-state index in [0.29, 0.717) is 18.7 Å². The van der Waals surface area contributed by atoms with Crippen LogP contribution in [0.25, 0.3) is 0 Å². The summed E-state index contributed by atoms with van der Waals surface area (Å²) in [6.07, 6.45) is 2.08. The lowest BCUT2D eigenvalue weighted by Gasteiger charge is -2.24. The molecule has 1 N–H and O–H groups in total. The Bertz CT molecular complexity index is 393. The van der Waals surface area contributed by atoms with E-state index in [1.54, 1.807) is 6.92 Å². The van der Waals surface area contributed by atoms with Gasteiger partial charge in [-0.25, -0.2) is 9.18 Å². The van der Waals surface area contributed by atoms with Crippen LogP contribution in [0.5, 0.6) is 0 Å². The number of amidine groups is 1. The molecule has 0 aromatic heterocycles. The largest absolute Gasteiger partial charge is 0.481 e. The Morgan fingerprint density at radius 3 is 3.06 bits per heavy atom.